The van der Waals surface area contributed by atoms with Crippen LogP contribution in [0.4, 0.5) is 0 Å². The average molecular weight is 286 g/mol. The zero-order valence-electron chi connectivity index (χ0n) is 10.9. The zero-order valence-corrected chi connectivity index (χ0v) is 11.7. The zero-order chi connectivity index (χ0) is 13.4. The summed E-state index contributed by atoms with van der Waals surface area (Å²) in [6.07, 6.45) is 2.63. The lowest BCUT2D eigenvalue weighted by Gasteiger charge is -2.06. The molecular formula is C14H14N4OS. The Kier molecular flexibility index (Phi) is 3.05. The number of thioether (sulfide) groups is 1. The normalized spacial score (nSPS) is 19.1. The molecule has 0 saturated carbocycles. The van der Waals surface area contributed by atoms with E-state index in [0.717, 1.165) is 47.3 Å². The highest BCUT2D eigenvalue weighted by Crippen LogP contribution is 2.25. The van der Waals surface area contributed by atoms with E-state index >= 15 is 0 Å². The highest BCUT2D eigenvalue weighted by molar-refractivity contribution is 7.99. The molecule has 0 unspecified atom stereocenters. The first-order chi connectivity index (χ1) is 9.90. The molecule has 3 aromatic rings. The maximum absolute atomic E-state index is 5.61. The van der Waals surface area contributed by atoms with Crippen molar-refractivity contribution < 1.29 is 4.74 Å². The summed E-state index contributed by atoms with van der Waals surface area (Å²) in [4.78, 5) is 7.84. The maximum Gasteiger partial charge on any atom is 0.211 e. The largest absolute Gasteiger partial charge is 0.377 e. The Bertz CT molecular complexity index is 751. The molecule has 0 bridgehead atoms. The third kappa shape index (κ3) is 2.14. The summed E-state index contributed by atoms with van der Waals surface area (Å²) < 4.78 is 5.61. The van der Waals surface area contributed by atoms with Crippen LogP contribution in [0.15, 0.2) is 29.4 Å². The van der Waals surface area contributed by atoms with Gasteiger partial charge in [-0.2, -0.15) is 0 Å². The molecule has 20 heavy (non-hydrogen) atoms. The Morgan fingerprint density at radius 2 is 2.25 bits per heavy atom. The van der Waals surface area contributed by atoms with Crippen molar-refractivity contribution in [2.24, 2.45) is 0 Å². The van der Waals surface area contributed by atoms with E-state index in [0.29, 0.717) is 11.3 Å². The van der Waals surface area contributed by atoms with Crippen LogP contribution < -0.4 is 0 Å². The highest BCUT2D eigenvalue weighted by Gasteiger charge is 2.17. The summed E-state index contributed by atoms with van der Waals surface area (Å²) >= 11 is 1.61. The molecule has 5 nitrogen and oxygen atoms in total. The van der Waals surface area contributed by atoms with Gasteiger partial charge in [0.1, 0.15) is 5.52 Å². The van der Waals surface area contributed by atoms with Crippen molar-refractivity contribution in [3.63, 3.8) is 0 Å². The van der Waals surface area contributed by atoms with E-state index in [9.17, 15) is 0 Å². The Morgan fingerprint density at radius 3 is 3.15 bits per heavy atom. The summed E-state index contributed by atoms with van der Waals surface area (Å²) in [7, 11) is 0. The molecule has 4 rings (SSSR count). The van der Waals surface area contributed by atoms with Crippen molar-refractivity contribution in [2.45, 2.75) is 24.1 Å². The minimum Gasteiger partial charge on any atom is -0.377 e. The number of H-pyrrole nitrogens is 1. The number of hydrogen-bond donors (Lipinski definition) is 1. The second kappa shape index (κ2) is 5.03. The van der Waals surface area contributed by atoms with Crippen molar-refractivity contribution in [3.05, 3.63) is 24.3 Å². The van der Waals surface area contributed by atoms with E-state index in [4.69, 9.17) is 4.74 Å². The molecule has 1 N–H and O–H groups in total. The van der Waals surface area contributed by atoms with E-state index in [1.54, 1.807) is 11.8 Å². The molecule has 0 spiro atoms. The molecule has 3 heterocycles. The second-order valence-electron chi connectivity index (χ2n) is 4.91. The lowest BCUT2D eigenvalue weighted by Crippen LogP contribution is -2.08. The molecule has 6 heteroatoms. The number of benzene rings is 1. The number of rotatable bonds is 3. The number of aromatic amines is 1. The Morgan fingerprint density at radius 1 is 1.30 bits per heavy atom. The number of fused-ring (bicyclic) bond motifs is 3. The first-order valence-corrected chi connectivity index (χ1v) is 7.74. The van der Waals surface area contributed by atoms with Crippen molar-refractivity contribution in [1.82, 2.24) is 20.2 Å². The number of nitrogens with zero attached hydrogens (tertiary/aromatic N) is 3. The molecule has 0 aliphatic carbocycles. The van der Waals surface area contributed by atoms with Gasteiger partial charge in [-0.15, -0.1) is 10.2 Å². The predicted molar refractivity (Wildman–Crippen MR) is 78.9 cm³/mol. The van der Waals surface area contributed by atoms with Crippen molar-refractivity contribution >= 4 is 33.8 Å². The lowest BCUT2D eigenvalue weighted by molar-refractivity contribution is 0.129. The van der Waals surface area contributed by atoms with Crippen LogP contribution in [0.25, 0.3) is 22.1 Å². The van der Waals surface area contributed by atoms with Gasteiger partial charge in [0, 0.05) is 23.3 Å². The number of hydrogen-bond acceptors (Lipinski definition) is 5. The van der Waals surface area contributed by atoms with Crippen LogP contribution in [0.1, 0.15) is 12.8 Å². The predicted octanol–water partition coefficient (Wildman–Crippen LogP) is 2.78. The molecule has 1 fully saturated rings. The molecular weight excluding hydrogens is 272 g/mol. The van der Waals surface area contributed by atoms with E-state index < -0.39 is 0 Å². The van der Waals surface area contributed by atoms with Crippen LogP contribution in [0, 0.1) is 0 Å². The molecule has 1 saturated heterocycles. The van der Waals surface area contributed by atoms with Gasteiger partial charge in [-0.25, -0.2) is 4.98 Å². The van der Waals surface area contributed by atoms with Crippen LogP contribution >= 0.6 is 11.8 Å². The third-order valence-electron chi connectivity index (χ3n) is 3.52. The third-order valence-corrected chi connectivity index (χ3v) is 4.49. The number of aromatic nitrogens is 4. The van der Waals surface area contributed by atoms with Crippen LogP contribution in [-0.4, -0.2) is 38.6 Å². The maximum atomic E-state index is 5.61. The molecule has 1 aliphatic heterocycles. The van der Waals surface area contributed by atoms with Crippen molar-refractivity contribution in [2.75, 3.05) is 12.4 Å². The standard InChI is InChI=1S/C14H14N4OS/c1-2-6-11-10(5-1)12-13(15-11)16-14(18-17-12)20-8-9-4-3-7-19-9/h1-2,5-6,9H,3-4,7-8H2,(H,15,16,18)/t9-/m1/s1. The van der Waals surface area contributed by atoms with Gasteiger partial charge in [0.25, 0.3) is 0 Å². The van der Waals surface area contributed by atoms with Gasteiger partial charge in [-0.1, -0.05) is 30.0 Å². The summed E-state index contributed by atoms with van der Waals surface area (Å²) in [6.45, 7) is 0.880. The fourth-order valence-electron chi connectivity index (χ4n) is 2.51. The topological polar surface area (TPSA) is 63.7 Å². The molecule has 0 amide bonds. The van der Waals surface area contributed by atoms with Gasteiger partial charge in [0.15, 0.2) is 5.65 Å². The number of ether oxygens (including phenoxy) is 1. The van der Waals surface area contributed by atoms with Crippen LogP contribution in [0.2, 0.25) is 0 Å². The highest BCUT2D eigenvalue weighted by atomic mass is 32.2. The van der Waals surface area contributed by atoms with E-state index in [2.05, 4.69) is 20.2 Å². The van der Waals surface area contributed by atoms with E-state index in [1.165, 1.54) is 0 Å². The summed E-state index contributed by atoms with van der Waals surface area (Å²) in [5.74, 6) is 0.896. The molecule has 1 aromatic carbocycles. The van der Waals surface area contributed by atoms with Gasteiger partial charge >= 0.3 is 0 Å². The molecule has 1 aliphatic rings. The molecule has 1 atom stereocenters. The lowest BCUT2D eigenvalue weighted by atomic mass is 10.2. The molecule has 0 radical (unpaired) electrons. The molecule has 2 aromatic heterocycles. The fourth-order valence-corrected chi connectivity index (χ4v) is 3.36. The van der Waals surface area contributed by atoms with Gasteiger partial charge in [0.2, 0.25) is 5.16 Å². The van der Waals surface area contributed by atoms with Crippen LogP contribution in [-0.2, 0) is 4.74 Å². The van der Waals surface area contributed by atoms with E-state index in [1.807, 2.05) is 24.3 Å². The van der Waals surface area contributed by atoms with Crippen molar-refractivity contribution in [3.8, 4) is 0 Å². The summed E-state index contributed by atoms with van der Waals surface area (Å²) in [5, 5.41) is 10.3. The van der Waals surface area contributed by atoms with Gasteiger partial charge in [0.05, 0.1) is 6.10 Å². The van der Waals surface area contributed by atoms with Crippen molar-refractivity contribution in [1.29, 1.82) is 0 Å². The number of para-hydroxylation sites is 1. The van der Waals surface area contributed by atoms with E-state index in [-0.39, 0.29) is 0 Å². The van der Waals surface area contributed by atoms with Crippen LogP contribution in [0.5, 0.6) is 0 Å². The Hall–Kier alpha value is -1.66. The quantitative estimate of drug-likeness (QED) is 0.750. The van der Waals surface area contributed by atoms with Crippen LogP contribution in [0.3, 0.4) is 0 Å². The minimum atomic E-state index is 0.335. The average Bonchev–Trinajstić information content (AvgIpc) is 3.12. The number of nitrogens with one attached hydrogen (secondary N) is 1. The minimum absolute atomic E-state index is 0.335. The molecule has 102 valence electrons. The fraction of sp³-hybridized carbons (Fsp3) is 0.357. The summed E-state index contributed by atoms with van der Waals surface area (Å²) in [6, 6.07) is 8.05. The van der Waals surface area contributed by atoms with Gasteiger partial charge in [-0.05, 0) is 18.9 Å². The SMILES string of the molecule is c1ccc2c(c1)[nH]c1nc(SC[C@H]3CCCO3)nnc12. The Balaban J connectivity index is 1.62. The second-order valence-corrected chi connectivity index (χ2v) is 5.90. The monoisotopic (exact) mass is 286 g/mol. The van der Waals surface area contributed by atoms with Gasteiger partial charge in [-0.3, -0.25) is 0 Å². The first-order valence-electron chi connectivity index (χ1n) is 6.76. The van der Waals surface area contributed by atoms with Gasteiger partial charge < -0.3 is 9.72 Å². The Labute approximate surface area is 120 Å². The summed E-state index contributed by atoms with van der Waals surface area (Å²) in [5.41, 5.74) is 2.68. The smallest absolute Gasteiger partial charge is 0.211 e. The first kappa shape index (κ1) is 12.1.